The van der Waals surface area contributed by atoms with Crippen LogP contribution >= 0.6 is 0 Å². The van der Waals surface area contributed by atoms with Gasteiger partial charge in [0.25, 0.3) is 5.91 Å². The number of carbonyl (C=O) groups excluding carboxylic acids is 3. The van der Waals surface area contributed by atoms with Crippen molar-refractivity contribution in [3.05, 3.63) is 124 Å². The van der Waals surface area contributed by atoms with Crippen LogP contribution < -0.4 is 36.6 Å². The fourth-order valence-electron chi connectivity index (χ4n) is 11.0. The number of phenols is 2. The van der Waals surface area contributed by atoms with Gasteiger partial charge in [0, 0.05) is 106 Å². The highest BCUT2D eigenvalue weighted by Gasteiger charge is 2.27. The topological polar surface area (TPSA) is 279 Å². The highest BCUT2D eigenvalue weighted by molar-refractivity contribution is 5.96. The fourth-order valence-corrected chi connectivity index (χ4v) is 11.0. The van der Waals surface area contributed by atoms with Crippen LogP contribution in [0.5, 0.6) is 28.7 Å². The van der Waals surface area contributed by atoms with Crippen LogP contribution in [0.3, 0.4) is 0 Å². The van der Waals surface area contributed by atoms with Gasteiger partial charge in [0.1, 0.15) is 28.6 Å². The Bertz CT molecular complexity index is 3780. The number of nitrogens with zero attached hydrogens (tertiary/aromatic N) is 11. The molecule has 2 saturated heterocycles. The minimum atomic E-state index is -0.550. The molecule has 7 heterocycles. The Balaban J connectivity index is 0.604. The molecule has 23 heteroatoms. The van der Waals surface area contributed by atoms with Crippen LogP contribution in [-0.4, -0.2) is 148 Å². The third-order valence-corrected chi connectivity index (χ3v) is 15.5. The molecule has 0 unspecified atom stereocenters. The molecule has 23 nitrogen and oxygen atoms in total. The van der Waals surface area contributed by atoms with Crippen LogP contribution in [-0.2, 0) is 24.3 Å². The standard InChI is InChI=1S/C58H64N14O9/c1-35(2)43-31-44(47(74)32-46(43)73)53-65-66-57(77)72(53)40-7-11-45-38(30-40)16-22-68(45)19-13-36-14-20-69(21-15-36)49(75)29-37-5-8-41(9-6-37)81-58(78)70-26-24-67(25-27-70)18-4-28-80-48-12-10-42-50(51(48)79-3)63-56(71-23-17-60-52(42)71)64-54(76)39-33-61-55(59)62-34-39/h5-12,16,22,30-36,60,73-74H,4,13-15,17-21,23-29H2,1-3H3,(H,66,77)(H2,59,61,62). The quantitative estimate of drug-likeness (QED) is 0.0687. The lowest BCUT2D eigenvalue weighted by Gasteiger charge is -2.34. The molecule has 420 valence electrons. The van der Waals surface area contributed by atoms with Crippen molar-refractivity contribution in [2.24, 2.45) is 10.9 Å². The van der Waals surface area contributed by atoms with Crippen molar-refractivity contribution in [2.75, 3.05) is 77.1 Å². The number of aromatic hydroxyl groups is 2. The van der Waals surface area contributed by atoms with Gasteiger partial charge in [0.05, 0.1) is 37.0 Å². The number of ether oxygens (including phenoxy) is 3. The predicted molar refractivity (Wildman–Crippen MR) is 302 cm³/mol. The van der Waals surface area contributed by atoms with Crippen molar-refractivity contribution < 1.29 is 38.8 Å². The number of H-pyrrole nitrogens is 1. The van der Waals surface area contributed by atoms with E-state index in [1.165, 1.54) is 23.0 Å². The first kappa shape index (κ1) is 53.7. The molecule has 0 spiro atoms. The fraction of sp³-hybridized carbons (Fsp3) is 0.362. The smallest absolute Gasteiger partial charge is 0.415 e. The van der Waals surface area contributed by atoms with Crippen LogP contribution in [0.25, 0.3) is 38.9 Å². The number of anilines is 2. The number of piperazine rings is 1. The molecule has 81 heavy (non-hydrogen) atoms. The lowest BCUT2D eigenvalue weighted by atomic mass is 9.93. The number of hydrogen-bond donors (Lipinski definition) is 5. The van der Waals surface area contributed by atoms with E-state index < -0.39 is 17.7 Å². The number of aromatic amines is 1. The summed E-state index contributed by atoms with van der Waals surface area (Å²) in [5, 5.41) is 33.0. The number of likely N-dealkylation sites (tertiary alicyclic amines) is 1. The van der Waals surface area contributed by atoms with E-state index in [1.54, 1.807) is 30.2 Å². The molecule has 0 bridgehead atoms. The Hall–Kier alpha value is -9.25. The monoisotopic (exact) mass is 1100 g/mol. The average molecular weight is 1100 g/mol. The molecule has 3 aliphatic rings. The van der Waals surface area contributed by atoms with E-state index in [1.807, 2.05) is 71.8 Å². The Morgan fingerprint density at radius 1 is 0.877 bits per heavy atom. The van der Waals surface area contributed by atoms with Crippen molar-refractivity contribution in [3.8, 4) is 45.8 Å². The van der Waals surface area contributed by atoms with Gasteiger partial charge >= 0.3 is 11.8 Å². The largest absolute Gasteiger partial charge is 0.508 e. The van der Waals surface area contributed by atoms with Crippen LogP contribution in [0.1, 0.15) is 66.9 Å². The molecule has 0 aliphatic carbocycles. The first-order valence-electron chi connectivity index (χ1n) is 27.3. The molecule has 11 rings (SSSR count). The molecule has 4 aromatic heterocycles. The van der Waals surface area contributed by atoms with E-state index in [-0.39, 0.29) is 52.7 Å². The number of benzene rings is 4. The number of piperidine rings is 1. The molecule has 8 aromatic rings. The number of rotatable bonds is 16. The summed E-state index contributed by atoms with van der Waals surface area (Å²) in [5.41, 5.74) is 9.51. The third-order valence-electron chi connectivity index (χ3n) is 15.5. The number of aromatic nitrogens is 8. The van der Waals surface area contributed by atoms with Crippen molar-refractivity contribution >= 4 is 51.5 Å². The lowest BCUT2D eigenvalue weighted by molar-refractivity contribution is -0.131. The van der Waals surface area contributed by atoms with Gasteiger partial charge in [-0.05, 0) is 103 Å². The molecule has 0 radical (unpaired) electrons. The molecular weight excluding hydrogens is 1040 g/mol. The maximum Gasteiger partial charge on any atom is 0.415 e. The first-order valence-corrected chi connectivity index (χ1v) is 27.3. The minimum Gasteiger partial charge on any atom is -0.508 e. The Morgan fingerprint density at radius 2 is 1.65 bits per heavy atom. The number of nitrogen functional groups attached to an aromatic ring is 1. The maximum absolute atomic E-state index is 13.4. The van der Waals surface area contributed by atoms with Crippen molar-refractivity contribution in [1.82, 2.24) is 53.6 Å². The second kappa shape index (κ2) is 23.2. The van der Waals surface area contributed by atoms with E-state index in [9.17, 15) is 29.4 Å². The maximum atomic E-state index is 13.4. The van der Waals surface area contributed by atoms with Crippen LogP contribution in [0.2, 0.25) is 0 Å². The Morgan fingerprint density at radius 3 is 2.41 bits per heavy atom. The molecule has 3 aliphatic heterocycles. The van der Waals surface area contributed by atoms with E-state index in [0.29, 0.717) is 104 Å². The molecule has 4 aromatic carbocycles. The second-order valence-electron chi connectivity index (χ2n) is 20.9. The van der Waals surface area contributed by atoms with E-state index in [2.05, 4.69) is 46.1 Å². The van der Waals surface area contributed by atoms with Gasteiger partial charge < -0.3 is 49.8 Å². The summed E-state index contributed by atoms with van der Waals surface area (Å²) in [6, 6.07) is 21.7. The zero-order chi connectivity index (χ0) is 56.3. The molecule has 6 N–H and O–H groups in total. The zero-order valence-corrected chi connectivity index (χ0v) is 45.4. The van der Waals surface area contributed by atoms with Gasteiger partial charge in [0.15, 0.2) is 17.3 Å². The predicted octanol–water partition coefficient (Wildman–Crippen LogP) is 6.07. The highest BCUT2D eigenvalue weighted by atomic mass is 16.6. The number of phenolic OH excluding ortho intramolecular Hbond substituents is 2. The number of carbonyl (C=O) groups is 3. The SMILES string of the molecule is COc1c(OCCCN2CCN(C(=O)Oc3ccc(CC(=O)N4CCC(CCn5ccc6cc(-n7c(-c8cc(C(C)C)c(O)cc8O)n[nH]c7=O)ccc65)CC4)cc3)CC2)ccc2c3n(c(=NC(=O)c4cnc(N)nc4)nc12)CCN3. The average Bonchev–Trinajstić information content (AvgIpc) is 4.45. The summed E-state index contributed by atoms with van der Waals surface area (Å²) in [5.74, 6) is 2.23. The lowest BCUT2D eigenvalue weighted by Crippen LogP contribution is -2.49. The van der Waals surface area contributed by atoms with E-state index in [0.717, 1.165) is 66.4 Å². The van der Waals surface area contributed by atoms with Crippen molar-refractivity contribution in [3.63, 3.8) is 0 Å². The summed E-state index contributed by atoms with van der Waals surface area (Å²) in [7, 11) is 1.55. The summed E-state index contributed by atoms with van der Waals surface area (Å²) < 4.78 is 23.3. The molecule has 0 atom stereocenters. The van der Waals surface area contributed by atoms with Crippen molar-refractivity contribution in [1.29, 1.82) is 0 Å². The molecule has 2 fully saturated rings. The third kappa shape index (κ3) is 11.5. The van der Waals surface area contributed by atoms with Gasteiger partial charge in [-0.3, -0.25) is 19.1 Å². The number of nitrogens with two attached hydrogens (primary N) is 1. The number of aryl methyl sites for hydroxylation is 1. The van der Waals surface area contributed by atoms with Gasteiger partial charge in [0.2, 0.25) is 17.5 Å². The number of fused-ring (bicyclic) bond motifs is 4. The molecule has 0 saturated carbocycles. The van der Waals surface area contributed by atoms with Crippen LogP contribution in [0, 0.1) is 5.92 Å². The van der Waals surface area contributed by atoms with Crippen molar-refractivity contribution in [2.45, 2.75) is 65.0 Å². The second-order valence-corrected chi connectivity index (χ2v) is 20.9. The van der Waals surface area contributed by atoms with Gasteiger partial charge in [-0.1, -0.05) is 26.0 Å². The normalized spacial score (nSPS) is 15.1. The number of methoxy groups -OCH3 is 1. The summed E-state index contributed by atoms with van der Waals surface area (Å²) in [6.45, 7) is 10.9. The number of hydrogen-bond acceptors (Lipinski definition) is 16. The van der Waals surface area contributed by atoms with E-state index >= 15 is 0 Å². The first-order chi connectivity index (χ1) is 39.3. The van der Waals surface area contributed by atoms with Gasteiger partial charge in [-0.15, -0.1) is 0 Å². The summed E-state index contributed by atoms with van der Waals surface area (Å²) >= 11 is 0. The molecule has 3 amide bonds. The zero-order valence-electron chi connectivity index (χ0n) is 45.4. The molecular formula is C58H64N14O9. The van der Waals surface area contributed by atoms with Gasteiger partial charge in [-0.25, -0.2) is 34.2 Å². The number of nitrogens with one attached hydrogen (secondary N) is 2. The highest BCUT2D eigenvalue weighted by Crippen LogP contribution is 2.39. The number of amides is 3. The minimum absolute atomic E-state index is 0.0157. The Labute approximate surface area is 465 Å². The van der Waals surface area contributed by atoms with Crippen LogP contribution in [0.4, 0.5) is 16.6 Å². The van der Waals surface area contributed by atoms with E-state index in [4.69, 9.17) is 24.9 Å². The Kier molecular flexibility index (Phi) is 15.4. The van der Waals surface area contributed by atoms with Crippen LogP contribution in [0.15, 0.2) is 101 Å². The summed E-state index contributed by atoms with van der Waals surface area (Å²) in [6.07, 6.45) is 8.08. The van der Waals surface area contributed by atoms with Gasteiger partial charge in [-0.2, -0.15) is 10.1 Å². The summed E-state index contributed by atoms with van der Waals surface area (Å²) in [4.78, 5) is 75.5.